The lowest BCUT2D eigenvalue weighted by Crippen LogP contribution is -2.34. The Hall–Kier alpha value is -0.120. The first-order valence-corrected chi connectivity index (χ1v) is 7.32. The van der Waals surface area contributed by atoms with E-state index >= 15 is 0 Å². The highest BCUT2D eigenvalue weighted by atomic mass is 16.6. The first-order chi connectivity index (χ1) is 8.27. The van der Waals surface area contributed by atoms with Crippen LogP contribution >= 0.6 is 0 Å². The largest absolute Gasteiger partial charge is 0.374 e. The van der Waals surface area contributed by atoms with Gasteiger partial charge in [0.05, 0.1) is 24.4 Å². The van der Waals surface area contributed by atoms with Crippen LogP contribution in [0.1, 0.15) is 57.8 Å². The third-order valence-corrected chi connectivity index (χ3v) is 4.85. The van der Waals surface area contributed by atoms with Gasteiger partial charge in [-0.1, -0.05) is 12.8 Å². The summed E-state index contributed by atoms with van der Waals surface area (Å²) in [5.41, 5.74) is 6.26. The maximum Gasteiger partial charge on any atom is 0.0817 e. The molecule has 1 heterocycles. The van der Waals surface area contributed by atoms with Crippen molar-refractivity contribution in [2.45, 2.75) is 81.6 Å². The van der Waals surface area contributed by atoms with Crippen LogP contribution < -0.4 is 5.73 Å². The van der Waals surface area contributed by atoms with Gasteiger partial charge in [0.2, 0.25) is 0 Å². The molecule has 2 aliphatic carbocycles. The van der Waals surface area contributed by atoms with E-state index in [0.717, 1.165) is 19.4 Å². The molecule has 1 saturated heterocycles. The van der Waals surface area contributed by atoms with Crippen molar-refractivity contribution in [1.29, 1.82) is 0 Å². The Balaban J connectivity index is 1.44. The molecule has 0 aromatic rings. The summed E-state index contributed by atoms with van der Waals surface area (Å²) in [6, 6.07) is 0.261. The summed E-state index contributed by atoms with van der Waals surface area (Å²) in [6.07, 6.45) is 11.8. The second kappa shape index (κ2) is 4.87. The van der Waals surface area contributed by atoms with Crippen molar-refractivity contribution in [3.63, 3.8) is 0 Å². The smallest absolute Gasteiger partial charge is 0.0817 e. The molecule has 2 saturated carbocycles. The fraction of sp³-hybridized carbons (Fsp3) is 1.00. The van der Waals surface area contributed by atoms with Crippen molar-refractivity contribution in [1.82, 2.24) is 0 Å². The molecule has 0 bridgehead atoms. The highest BCUT2D eigenvalue weighted by Crippen LogP contribution is 2.43. The van der Waals surface area contributed by atoms with Crippen molar-refractivity contribution in [2.24, 2.45) is 5.73 Å². The summed E-state index contributed by atoms with van der Waals surface area (Å²) in [5.74, 6) is 0. The number of hydrogen-bond donors (Lipinski definition) is 1. The fourth-order valence-electron chi connectivity index (χ4n) is 3.79. The lowest BCUT2D eigenvalue weighted by atomic mass is 9.98. The van der Waals surface area contributed by atoms with Crippen LogP contribution in [0.2, 0.25) is 0 Å². The topological polar surface area (TPSA) is 44.5 Å². The van der Waals surface area contributed by atoms with Gasteiger partial charge in [-0.05, 0) is 44.9 Å². The Labute approximate surface area is 104 Å². The second-order valence-electron chi connectivity index (χ2n) is 6.14. The van der Waals surface area contributed by atoms with Crippen LogP contribution in [-0.4, -0.2) is 30.5 Å². The zero-order valence-electron chi connectivity index (χ0n) is 10.7. The molecule has 0 aromatic carbocycles. The Morgan fingerprint density at radius 1 is 1.06 bits per heavy atom. The normalized spacial score (nSPS) is 40.4. The molecule has 0 aromatic heterocycles. The van der Waals surface area contributed by atoms with E-state index in [0.29, 0.717) is 12.2 Å². The first kappa shape index (κ1) is 11.9. The quantitative estimate of drug-likeness (QED) is 0.822. The predicted molar refractivity (Wildman–Crippen MR) is 66.9 cm³/mol. The molecule has 1 spiro atoms. The van der Waals surface area contributed by atoms with Gasteiger partial charge in [0.1, 0.15) is 0 Å². The summed E-state index contributed by atoms with van der Waals surface area (Å²) in [6.45, 7) is 0.764. The third-order valence-electron chi connectivity index (χ3n) is 4.85. The molecule has 0 amide bonds. The highest BCUT2D eigenvalue weighted by Gasteiger charge is 2.42. The van der Waals surface area contributed by atoms with Crippen LogP contribution in [0, 0.1) is 0 Å². The van der Waals surface area contributed by atoms with Crippen LogP contribution in [0.3, 0.4) is 0 Å². The minimum absolute atomic E-state index is 0.242. The van der Waals surface area contributed by atoms with E-state index in [1.807, 2.05) is 0 Å². The van der Waals surface area contributed by atoms with E-state index in [2.05, 4.69) is 0 Å². The average Bonchev–Trinajstić information content (AvgIpc) is 3.01. The molecule has 98 valence electrons. The van der Waals surface area contributed by atoms with Crippen LogP contribution in [0.5, 0.6) is 0 Å². The van der Waals surface area contributed by atoms with Gasteiger partial charge in [-0.15, -0.1) is 0 Å². The molecule has 3 fully saturated rings. The molecule has 0 radical (unpaired) electrons. The minimum atomic E-state index is 0.242. The average molecular weight is 239 g/mol. The molecule has 3 aliphatic rings. The molecule has 3 unspecified atom stereocenters. The van der Waals surface area contributed by atoms with Crippen molar-refractivity contribution >= 4 is 0 Å². The van der Waals surface area contributed by atoms with Gasteiger partial charge in [0.15, 0.2) is 0 Å². The number of rotatable bonds is 3. The van der Waals surface area contributed by atoms with Crippen LogP contribution in [0.4, 0.5) is 0 Å². The molecule has 3 atom stereocenters. The lowest BCUT2D eigenvalue weighted by molar-refractivity contribution is -0.0825. The van der Waals surface area contributed by atoms with Gasteiger partial charge in [-0.3, -0.25) is 0 Å². The Morgan fingerprint density at radius 2 is 1.88 bits per heavy atom. The van der Waals surface area contributed by atoms with Crippen LogP contribution in [0.25, 0.3) is 0 Å². The van der Waals surface area contributed by atoms with Crippen molar-refractivity contribution in [3.05, 3.63) is 0 Å². The monoisotopic (exact) mass is 239 g/mol. The second-order valence-corrected chi connectivity index (χ2v) is 6.14. The van der Waals surface area contributed by atoms with Crippen molar-refractivity contribution in [2.75, 3.05) is 6.61 Å². The van der Waals surface area contributed by atoms with Crippen LogP contribution in [-0.2, 0) is 9.47 Å². The Bertz CT molecular complexity index is 263. The summed E-state index contributed by atoms with van der Waals surface area (Å²) >= 11 is 0. The van der Waals surface area contributed by atoms with Crippen molar-refractivity contribution < 1.29 is 9.47 Å². The summed E-state index contributed by atoms with van der Waals surface area (Å²) in [5, 5.41) is 0. The molecule has 3 nitrogen and oxygen atoms in total. The molecular formula is C14H25NO2. The molecule has 1 aliphatic heterocycles. The first-order valence-electron chi connectivity index (χ1n) is 7.32. The maximum absolute atomic E-state index is 6.24. The summed E-state index contributed by atoms with van der Waals surface area (Å²) in [4.78, 5) is 0. The zero-order chi connectivity index (χ0) is 11.7. The molecule has 2 N–H and O–H groups in total. The van der Waals surface area contributed by atoms with Gasteiger partial charge >= 0.3 is 0 Å². The van der Waals surface area contributed by atoms with Gasteiger partial charge in [-0.2, -0.15) is 0 Å². The van der Waals surface area contributed by atoms with Gasteiger partial charge in [0, 0.05) is 6.04 Å². The summed E-state index contributed by atoms with van der Waals surface area (Å²) < 4.78 is 12.2. The van der Waals surface area contributed by atoms with E-state index in [4.69, 9.17) is 15.2 Å². The van der Waals surface area contributed by atoms with Crippen molar-refractivity contribution in [3.8, 4) is 0 Å². The highest BCUT2D eigenvalue weighted by molar-refractivity contribution is 4.93. The van der Waals surface area contributed by atoms with E-state index in [1.54, 1.807) is 0 Å². The molecule has 3 rings (SSSR count). The lowest BCUT2D eigenvalue weighted by Gasteiger charge is -2.25. The standard InChI is InChI=1S/C14H25NO2/c15-12-4-3-5-13(12)16-10-11-6-9-14(17-11)7-1-2-8-14/h11-13H,1-10,15H2. The van der Waals surface area contributed by atoms with E-state index in [1.165, 1.54) is 44.9 Å². The summed E-state index contributed by atoms with van der Waals surface area (Å²) in [7, 11) is 0. The SMILES string of the molecule is NC1CCCC1OCC1CCC2(CCCC2)O1. The predicted octanol–water partition coefficient (Wildman–Crippen LogP) is 2.37. The molecular weight excluding hydrogens is 214 g/mol. The van der Waals surface area contributed by atoms with E-state index in [-0.39, 0.29) is 11.6 Å². The van der Waals surface area contributed by atoms with E-state index in [9.17, 15) is 0 Å². The number of nitrogens with two attached hydrogens (primary N) is 1. The minimum Gasteiger partial charge on any atom is -0.374 e. The third kappa shape index (κ3) is 2.51. The Morgan fingerprint density at radius 3 is 2.59 bits per heavy atom. The van der Waals surface area contributed by atoms with Gasteiger partial charge < -0.3 is 15.2 Å². The number of ether oxygens (including phenoxy) is 2. The maximum atomic E-state index is 6.24. The number of hydrogen-bond acceptors (Lipinski definition) is 3. The fourth-order valence-corrected chi connectivity index (χ4v) is 3.79. The van der Waals surface area contributed by atoms with E-state index < -0.39 is 0 Å². The molecule has 3 heteroatoms. The Kier molecular flexibility index (Phi) is 3.42. The van der Waals surface area contributed by atoms with Gasteiger partial charge in [-0.25, -0.2) is 0 Å². The molecule has 17 heavy (non-hydrogen) atoms. The van der Waals surface area contributed by atoms with Crippen LogP contribution in [0.15, 0.2) is 0 Å². The van der Waals surface area contributed by atoms with Gasteiger partial charge in [0.25, 0.3) is 0 Å². The zero-order valence-corrected chi connectivity index (χ0v) is 10.7.